The van der Waals surface area contributed by atoms with E-state index in [1.165, 1.54) is 70.7 Å². The highest BCUT2D eigenvalue weighted by Gasteiger charge is 2.19. The van der Waals surface area contributed by atoms with Crippen molar-refractivity contribution in [2.45, 2.75) is 0 Å². The second-order valence-electron chi connectivity index (χ2n) is 14.1. The molecule has 2 heteroatoms. The Morgan fingerprint density at radius 2 is 0.722 bits per heavy atom. The van der Waals surface area contributed by atoms with E-state index in [2.05, 4.69) is 194 Å². The maximum absolute atomic E-state index is 5.26. The molecule has 2 heterocycles. The first-order chi connectivity index (χ1) is 26.7. The molecule has 0 saturated carbocycles. The molecular weight excluding hydrogens is 653 g/mol. The van der Waals surface area contributed by atoms with Gasteiger partial charge in [-0.1, -0.05) is 158 Å². The van der Waals surface area contributed by atoms with E-state index in [9.17, 15) is 0 Å². The number of rotatable bonds is 4. The van der Waals surface area contributed by atoms with Crippen LogP contribution in [0, 0.1) is 0 Å². The summed E-state index contributed by atoms with van der Waals surface area (Å²) in [5.74, 6) is 0. The minimum absolute atomic E-state index is 0.854. The molecular formula is C52H32N2. The van der Waals surface area contributed by atoms with Crippen LogP contribution in [-0.4, -0.2) is 9.97 Å². The smallest absolute Gasteiger partial charge is 0.0894 e. The van der Waals surface area contributed by atoms with Crippen LogP contribution in [0.25, 0.3) is 110 Å². The molecule has 0 atom stereocenters. The Labute approximate surface area is 312 Å². The lowest BCUT2D eigenvalue weighted by atomic mass is 9.84. The average molecular weight is 685 g/mol. The number of aromatic nitrogens is 2. The van der Waals surface area contributed by atoms with Crippen molar-refractivity contribution < 1.29 is 0 Å². The summed E-state index contributed by atoms with van der Waals surface area (Å²) >= 11 is 0. The van der Waals surface area contributed by atoms with Crippen molar-refractivity contribution in [1.29, 1.82) is 0 Å². The van der Waals surface area contributed by atoms with E-state index < -0.39 is 0 Å². The van der Waals surface area contributed by atoms with Gasteiger partial charge in [-0.2, -0.15) is 0 Å². The third kappa shape index (κ3) is 4.96. The zero-order valence-electron chi connectivity index (χ0n) is 29.4. The summed E-state index contributed by atoms with van der Waals surface area (Å²) < 4.78 is 0. The molecule has 0 unspecified atom stereocenters. The molecule has 0 saturated heterocycles. The van der Waals surface area contributed by atoms with Crippen LogP contribution in [-0.2, 0) is 0 Å². The average Bonchev–Trinajstić information content (AvgIpc) is 3.24. The van der Waals surface area contributed by atoms with Gasteiger partial charge in [0.05, 0.1) is 22.6 Å². The number of fused-ring (bicyclic) bond motifs is 7. The molecule has 0 amide bonds. The topological polar surface area (TPSA) is 25.8 Å². The molecule has 0 aliphatic rings. The maximum atomic E-state index is 5.26. The van der Waals surface area contributed by atoms with E-state index in [1.54, 1.807) is 0 Å². The fraction of sp³-hybridized carbons (Fsp3) is 0. The number of nitrogens with zero attached hydrogens (tertiary/aromatic N) is 2. The molecule has 9 aromatic carbocycles. The van der Waals surface area contributed by atoms with Crippen molar-refractivity contribution in [2.24, 2.45) is 0 Å². The van der Waals surface area contributed by atoms with Gasteiger partial charge in [0, 0.05) is 16.3 Å². The van der Waals surface area contributed by atoms with Gasteiger partial charge in [-0.05, 0) is 107 Å². The third-order valence-corrected chi connectivity index (χ3v) is 11.0. The molecule has 0 radical (unpaired) electrons. The Morgan fingerprint density at radius 3 is 1.43 bits per heavy atom. The summed E-state index contributed by atoms with van der Waals surface area (Å²) in [6, 6.07) is 70.0. The highest BCUT2D eigenvalue weighted by molar-refractivity contribution is 6.22. The number of hydrogen-bond donors (Lipinski definition) is 0. The molecule has 11 aromatic rings. The summed E-state index contributed by atoms with van der Waals surface area (Å²) in [6.07, 6.45) is 0. The van der Waals surface area contributed by atoms with Crippen molar-refractivity contribution in [3.63, 3.8) is 0 Å². The summed E-state index contributed by atoms with van der Waals surface area (Å²) in [4.78, 5) is 10.4. The molecule has 250 valence electrons. The van der Waals surface area contributed by atoms with Crippen molar-refractivity contribution in [3.8, 4) is 44.9 Å². The van der Waals surface area contributed by atoms with Gasteiger partial charge in [0.1, 0.15) is 0 Å². The van der Waals surface area contributed by atoms with Crippen LogP contribution in [0.3, 0.4) is 0 Å². The van der Waals surface area contributed by atoms with E-state index >= 15 is 0 Å². The molecule has 0 fully saturated rings. The molecule has 11 rings (SSSR count). The Bertz CT molecular complexity index is 3290. The zero-order valence-corrected chi connectivity index (χ0v) is 29.4. The van der Waals surface area contributed by atoms with E-state index in [4.69, 9.17) is 9.97 Å². The van der Waals surface area contributed by atoms with E-state index in [-0.39, 0.29) is 0 Å². The second-order valence-corrected chi connectivity index (χ2v) is 14.1. The van der Waals surface area contributed by atoms with Crippen molar-refractivity contribution in [1.82, 2.24) is 9.97 Å². The van der Waals surface area contributed by atoms with E-state index in [1.807, 2.05) is 0 Å². The zero-order chi connectivity index (χ0) is 35.6. The highest BCUT2D eigenvalue weighted by atomic mass is 14.8. The summed E-state index contributed by atoms with van der Waals surface area (Å²) in [5.41, 5.74) is 9.59. The number of hydrogen-bond acceptors (Lipinski definition) is 2. The Hall–Kier alpha value is -7.16. The molecule has 0 N–H and O–H groups in total. The minimum atomic E-state index is 0.854. The van der Waals surface area contributed by atoms with Crippen LogP contribution in [0.2, 0.25) is 0 Å². The van der Waals surface area contributed by atoms with Crippen LogP contribution < -0.4 is 0 Å². The second kappa shape index (κ2) is 12.2. The fourth-order valence-corrected chi connectivity index (χ4v) is 8.39. The van der Waals surface area contributed by atoms with Crippen LogP contribution in [0.15, 0.2) is 194 Å². The molecule has 0 spiro atoms. The van der Waals surface area contributed by atoms with E-state index in [0.29, 0.717) is 0 Å². The highest BCUT2D eigenvalue weighted by Crippen LogP contribution is 2.45. The van der Waals surface area contributed by atoms with Gasteiger partial charge < -0.3 is 0 Å². The lowest BCUT2D eigenvalue weighted by Gasteiger charge is -2.19. The summed E-state index contributed by atoms with van der Waals surface area (Å²) in [7, 11) is 0. The van der Waals surface area contributed by atoms with Gasteiger partial charge in [0.2, 0.25) is 0 Å². The summed E-state index contributed by atoms with van der Waals surface area (Å²) in [5, 5.41) is 13.3. The quantitative estimate of drug-likeness (QED) is 0.136. The predicted octanol–water partition coefficient (Wildman–Crippen LogP) is 14.1. The molecule has 0 aliphatic carbocycles. The predicted molar refractivity (Wildman–Crippen MR) is 229 cm³/mol. The van der Waals surface area contributed by atoms with E-state index in [0.717, 1.165) is 38.9 Å². The molecule has 2 aromatic heterocycles. The Morgan fingerprint density at radius 1 is 0.241 bits per heavy atom. The SMILES string of the molecule is c1cc(-c2ccc3c(-c4ccc5ccccc5c4)c4ccccc4c(-c4ccc5ccccc5c4)c3c2)nc(-c2ccc3ccc4ccccc4c3n2)c1. The van der Waals surface area contributed by atoms with Gasteiger partial charge >= 0.3 is 0 Å². The van der Waals surface area contributed by atoms with Gasteiger partial charge in [0.15, 0.2) is 0 Å². The summed E-state index contributed by atoms with van der Waals surface area (Å²) in [6.45, 7) is 0. The van der Waals surface area contributed by atoms with Crippen LogP contribution in [0.5, 0.6) is 0 Å². The first kappa shape index (κ1) is 30.5. The Kier molecular flexibility index (Phi) is 6.90. The van der Waals surface area contributed by atoms with Crippen molar-refractivity contribution >= 4 is 64.8 Å². The first-order valence-electron chi connectivity index (χ1n) is 18.5. The molecule has 2 nitrogen and oxygen atoms in total. The van der Waals surface area contributed by atoms with Gasteiger partial charge in [-0.15, -0.1) is 0 Å². The minimum Gasteiger partial charge on any atom is -0.246 e. The fourth-order valence-electron chi connectivity index (χ4n) is 8.39. The third-order valence-electron chi connectivity index (χ3n) is 11.0. The van der Waals surface area contributed by atoms with Crippen LogP contribution in [0.4, 0.5) is 0 Å². The van der Waals surface area contributed by atoms with Crippen molar-refractivity contribution in [3.05, 3.63) is 194 Å². The van der Waals surface area contributed by atoms with Crippen molar-refractivity contribution in [2.75, 3.05) is 0 Å². The van der Waals surface area contributed by atoms with Gasteiger partial charge in [-0.3, -0.25) is 0 Å². The monoisotopic (exact) mass is 684 g/mol. The van der Waals surface area contributed by atoms with Crippen LogP contribution >= 0.6 is 0 Å². The molecule has 54 heavy (non-hydrogen) atoms. The first-order valence-corrected chi connectivity index (χ1v) is 18.5. The lowest BCUT2D eigenvalue weighted by Crippen LogP contribution is -1.94. The Balaban J connectivity index is 1.15. The molecule has 0 aliphatic heterocycles. The van der Waals surface area contributed by atoms with Gasteiger partial charge in [0.25, 0.3) is 0 Å². The molecule has 0 bridgehead atoms. The maximum Gasteiger partial charge on any atom is 0.0894 e. The largest absolute Gasteiger partial charge is 0.246 e. The number of pyridine rings is 2. The van der Waals surface area contributed by atoms with Crippen LogP contribution in [0.1, 0.15) is 0 Å². The standard InChI is InChI=1S/C52H32N2/c1-3-13-37-30-40(24-20-33(37)10-1)50-43-16-7-8-17-44(43)51(41-25-21-34-11-2-4-14-38(34)31-41)46-32-39(26-28-45(46)50)47-18-9-19-48(53-47)49-29-27-36-23-22-35-12-5-6-15-42(35)52(36)54-49/h1-32H. The van der Waals surface area contributed by atoms with Gasteiger partial charge in [-0.25, -0.2) is 9.97 Å². The normalized spacial score (nSPS) is 11.7. The lowest BCUT2D eigenvalue weighted by molar-refractivity contribution is 1.28. The number of benzene rings is 9.